The van der Waals surface area contributed by atoms with E-state index in [0.29, 0.717) is 17.3 Å². The summed E-state index contributed by atoms with van der Waals surface area (Å²) in [5.74, 6) is -3.87. The van der Waals surface area contributed by atoms with Crippen molar-refractivity contribution in [1.29, 1.82) is 0 Å². The standard InChI is InChI=1S/C21H19Cl2NO3S/c1-13(25)18-10-16(11-20(23)21(18,26)27)24-12-14-4-2-3-5-19(14)28-17-8-6-15(22)7-9-17/h2-11,18,24,26-27H,12H2,1H3. The summed E-state index contributed by atoms with van der Waals surface area (Å²) in [5.41, 5.74) is 1.62. The SMILES string of the molecule is CC(=O)C1C=C(NCc2ccccc2Sc2ccc(Cl)cc2)C=C(Cl)C1(O)O. The van der Waals surface area contributed by atoms with Crippen molar-refractivity contribution in [2.24, 2.45) is 5.92 Å². The zero-order valence-electron chi connectivity index (χ0n) is 15.0. The fourth-order valence-corrected chi connectivity index (χ4v) is 4.13. The molecule has 1 unspecified atom stereocenters. The number of aliphatic hydroxyl groups is 2. The number of carbonyl (C=O) groups is 1. The van der Waals surface area contributed by atoms with Crippen LogP contribution in [0, 0.1) is 5.92 Å². The first-order chi connectivity index (χ1) is 13.3. The highest BCUT2D eigenvalue weighted by molar-refractivity contribution is 7.99. The lowest BCUT2D eigenvalue weighted by Crippen LogP contribution is -2.43. The van der Waals surface area contributed by atoms with Gasteiger partial charge in [-0.15, -0.1) is 0 Å². The minimum atomic E-state index is -2.37. The highest BCUT2D eigenvalue weighted by atomic mass is 35.5. The monoisotopic (exact) mass is 435 g/mol. The van der Waals surface area contributed by atoms with E-state index >= 15 is 0 Å². The number of halogens is 2. The zero-order chi connectivity index (χ0) is 20.3. The summed E-state index contributed by atoms with van der Waals surface area (Å²) in [4.78, 5) is 13.9. The number of hydrogen-bond donors (Lipinski definition) is 3. The molecule has 4 nitrogen and oxygen atoms in total. The van der Waals surface area contributed by atoms with E-state index in [1.54, 1.807) is 11.8 Å². The van der Waals surface area contributed by atoms with E-state index in [9.17, 15) is 15.0 Å². The largest absolute Gasteiger partial charge is 0.381 e. The maximum atomic E-state index is 11.8. The Hall–Kier alpha value is -1.76. The highest BCUT2D eigenvalue weighted by Gasteiger charge is 2.42. The van der Waals surface area contributed by atoms with Crippen LogP contribution in [0.4, 0.5) is 0 Å². The fraction of sp³-hybridized carbons (Fsp3) is 0.190. The van der Waals surface area contributed by atoms with Crippen LogP contribution in [0.1, 0.15) is 12.5 Å². The summed E-state index contributed by atoms with van der Waals surface area (Å²) in [6.07, 6.45) is 2.92. The van der Waals surface area contributed by atoms with Gasteiger partial charge in [-0.05, 0) is 55.0 Å². The molecule has 0 saturated carbocycles. The van der Waals surface area contributed by atoms with E-state index in [0.717, 1.165) is 15.4 Å². The van der Waals surface area contributed by atoms with Gasteiger partial charge in [-0.1, -0.05) is 53.2 Å². The van der Waals surface area contributed by atoms with E-state index in [4.69, 9.17) is 23.2 Å². The molecule has 0 radical (unpaired) electrons. The van der Waals surface area contributed by atoms with Gasteiger partial charge in [0.05, 0.1) is 11.0 Å². The van der Waals surface area contributed by atoms with Crippen molar-refractivity contribution >= 4 is 40.7 Å². The number of benzene rings is 2. The summed E-state index contributed by atoms with van der Waals surface area (Å²) in [5, 5.41) is 23.8. The minimum absolute atomic E-state index is 0.193. The summed E-state index contributed by atoms with van der Waals surface area (Å²) < 4.78 is 0. The van der Waals surface area contributed by atoms with Crippen LogP contribution in [-0.2, 0) is 11.3 Å². The fourth-order valence-electron chi connectivity index (χ4n) is 2.82. The molecule has 0 bridgehead atoms. The number of allylic oxidation sites excluding steroid dienone is 1. The van der Waals surface area contributed by atoms with Crippen molar-refractivity contribution in [2.75, 3.05) is 0 Å². The van der Waals surface area contributed by atoms with Crippen LogP contribution in [0.25, 0.3) is 0 Å². The molecule has 0 spiro atoms. The molecule has 0 fully saturated rings. The van der Waals surface area contributed by atoms with E-state index in [1.165, 1.54) is 19.1 Å². The molecule has 1 atom stereocenters. The quantitative estimate of drug-likeness (QED) is 0.583. The Bertz CT molecular complexity index is 939. The number of nitrogens with one attached hydrogen (secondary N) is 1. The van der Waals surface area contributed by atoms with Gasteiger partial charge >= 0.3 is 0 Å². The molecular weight excluding hydrogens is 417 g/mol. The molecule has 7 heteroatoms. The average molecular weight is 436 g/mol. The lowest BCUT2D eigenvalue weighted by Gasteiger charge is -2.31. The molecule has 2 aromatic rings. The third kappa shape index (κ3) is 4.80. The van der Waals surface area contributed by atoms with Gasteiger partial charge in [0.15, 0.2) is 0 Å². The zero-order valence-corrected chi connectivity index (χ0v) is 17.4. The van der Waals surface area contributed by atoms with Gasteiger partial charge in [-0.25, -0.2) is 0 Å². The summed E-state index contributed by atoms with van der Waals surface area (Å²) >= 11 is 13.6. The predicted molar refractivity (Wildman–Crippen MR) is 112 cm³/mol. The Morgan fingerprint density at radius 2 is 1.82 bits per heavy atom. The first kappa shape index (κ1) is 21.0. The van der Waals surface area contributed by atoms with E-state index in [1.807, 2.05) is 48.5 Å². The van der Waals surface area contributed by atoms with Crippen LogP contribution >= 0.6 is 35.0 Å². The van der Waals surface area contributed by atoms with Gasteiger partial charge in [0, 0.05) is 27.1 Å². The molecule has 146 valence electrons. The Kier molecular flexibility index (Phi) is 6.53. The summed E-state index contributed by atoms with van der Waals surface area (Å²) in [6.45, 7) is 1.78. The molecule has 0 aromatic heterocycles. The normalized spacial score (nSPS) is 18.2. The molecule has 1 aliphatic rings. The van der Waals surface area contributed by atoms with Crippen LogP contribution < -0.4 is 5.32 Å². The minimum Gasteiger partial charge on any atom is -0.381 e. The smallest absolute Gasteiger partial charge is 0.214 e. The Morgan fingerprint density at radius 1 is 1.14 bits per heavy atom. The maximum Gasteiger partial charge on any atom is 0.214 e. The Balaban J connectivity index is 1.76. The molecule has 0 heterocycles. The number of hydrogen-bond acceptors (Lipinski definition) is 5. The number of carbonyl (C=O) groups excluding carboxylic acids is 1. The lowest BCUT2D eigenvalue weighted by atomic mass is 9.89. The third-order valence-corrected chi connectivity index (χ3v) is 6.11. The van der Waals surface area contributed by atoms with Gasteiger partial charge in [0.2, 0.25) is 5.79 Å². The number of Topliss-reactive ketones (excluding diaryl/α,β-unsaturated/α-hetero) is 1. The molecule has 28 heavy (non-hydrogen) atoms. The molecular formula is C21H19Cl2NO3S. The highest BCUT2D eigenvalue weighted by Crippen LogP contribution is 2.34. The first-order valence-corrected chi connectivity index (χ1v) is 10.1. The second-order valence-corrected chi connectivity index (χ2v) is 8.40. The number of rotatable bonds is 6. The molecule has 0 aliphatic heterocycles. The molecule has 0 amide bonds. The molecule has 3 rings (SSSR count). The molecule has 3 N–H and O–H groups in total. The summed E-state index contributed by atoms with van der Waals surface area (Å²) in [6, 6.07) is 15.6. The van der Waals surface area contributed by atoms with Crippen LogP contribution in [-0.4, -0.2) is 21.8 Å². The van der Waals surface area contributed by atoms with Crippen molar-refractivity contribution in [3.8, 4) is 0 Å². The van der Waals surface area contributed by atoms with E-state index in [2.05, 4.69) is 5.32 Å². The Morgan fingerprint density at radius 3 is 2.50 bits per heavy atom. The van der Waals surface area contributed by atoms with Gasteiger partial charge in [0.1, 0.15) is 5.78 Å². The maximum absolute atomic E-state index is 11.8. The van der Waals surface area contributed by atoms with Gasteiger partial charge < -0.3 is 15.5 Å². The van der Waals surface area contributed by atoms with Crippen molar-refractivity contribution in [1.82, 2.24) is 5.32 Å². The average Bonchev–Trinajstić information content (AvgIpc) is 2.65. The van der Waals surface area contributed by atoms with Crippen LogP contribution in [0.5, 0.6) is 0 Å². The van der Waals surface area contributed by atoms with Gasteiger partial charge in [-0.2, -0.15) is 0 Å². The lowest BCUT2D eigenvalue weighted by molar-refractivity contribution is -0.163. The van der Waals surface area contributed by atoms with Crippen molar-refractivity contribution < 1.29 is 15.0 Å². The molecule has 1 aliphatic carbocycles. The summed E-state index contributed by atoms with van der Waals surface area (Å²) in [7, 11) is 0. The van der Waals surface area contributed by atoms with Crippen molar-refractivity contribution in [3.63, 3.8) is 0 Å². The van der Waals surface area contributed by atoms with Crippen LogP contribution in [0.15, 0.2) is 81.2 Å². The second kappa shape index (κ2) is 8.72. The predicted octanol–water partition coefficient (Wildman–Crippen LogP) is 4.49. The van der Waals surface area contributed by atoms with Gasteiger partial charge in [-0.3, -0.25) is 4.79 Å². The third-order valence-electron chi connectivity index (χ3n) is 4.35. The van der Waals surface area contributed by atoms with Gasteiger partial charge in [0.25, 0.3) is 0 Å². The topological polar surface area (TPSA) is 69.6 Å². The van der Waals surface area contributed by atoms with Crippen LogP contribution in [0.2, 0.25) is 5.02 Å². The van der Waals surface area contributed by atoms with E-state index in [-0.39, 0.29) is 10.8 Å². The van der Waals surface area contributed by atoms with Crippen molar-refractivity contribution in [2.45, 2.75) is 29.0 Å². The van der Waals surface area contributed by atoms with E-state index < -0.39 is 11.7 Å². The molecule has 2 aromatic carbocycles. The second-order valence-electron chi connectivity index (χ2n) is 6.45. The molecule has 0 saturated heterocycles. The van der Waals surface area contributed by atoms with Crippen molar-refractivity contribution in [3.05, 3.63) is 82.0 Å². The first-order valence-electron chi connectivity index (χ1n) is 8.57. The number of ketones is 1. The Labute approximate surface area is 177 Å². The van der Waals surface area contributed by atoms with Crippen LogP contribution in [0.3, 0.4) is 0 Å².